The molecule has 0 spiro atoms. The van der Waals surface area contributed by atoms with Crippen molar-refractivity contribution < 1.29 is 19.1 Å². The largest absolute Gasteiger partial charge is 0.496 e. The summed E-state index contributed by atoms with van der Waals surface area (Å²) in [7, 11) is 1.66. The summed E-state index contributed by atoms with van der Waals surface area (Å²) in [6, 6.07) is 3.89. The first kappa shape index (κ1) is 18.7. The summed E-state index contributed by atoms with van der Waals surface area (Å²) in [5, 5.41) is 0. The number of carbonyl (C=O) groups excluding carboxylic acids is 2. The molecule has 2 fully saturated rings. The lowest BCUT2D eigenvalue weighted by Crippen LogP contribution is -2.53. The van der Waals surface area contributed by atoms with Crippen molar-refractivity contribution in [2.75, 3.05) is 39.9 Å². The van der Waals surface area contributed by atoms with E-state index in [1.54, 1.807) is 7.11 Å². The minimum Gasteiger partial charge on any atom is -0.496 e. The number of methoxy groups -OCH3 is 1. The van der Waals surface area contributed by atoms with Gasteiger partial charge in [-0.25, -0.2) is 0 Å². The Balaban J connectivity index is 1.55. The van der Waals surface area contributed by atoms with Gasteiger partial charge in [0.15, 0.2) is 0 Å². The van der Waals surface area contributed by atoms with E-state index in [0.29, 0.717) is 39.2 Å². The molecule has 6 heteroatoms. The molecule has 2 saturated heterocycles. The molecular weight excluding hydrogens is 332 g/mol. The van der Waals surface area contributed by atoms with Gasteiger partial charge in [-0.3, -0.25) is 9.59 Å². The van der Waals surface area contributed by atoms with E-state index in [4.69, 9.17) is 9.47 Å². The Morgan fingerprint density at radius 1 is 1.12 bits per heavy atom. The Kier molecular flexibility index (Phi) is 5.81. The third-order valence-corrected chi connectivity index (χ3v) is 5.56. The van der Waals surface area contributed by atoms with Crippen LogP contribution in [0.25, 0.3) is 0 Å². The molecule has 0 aliphatic carbocycles. The standard InChI is InChI=1S/C20H28N2O4/c1-14-15(2)17(25-3)7-6-16(14)13-19(23)21-8-10-22(11-9-21)20(24)18-5-4-12-26-18/h6-7,18H,4-5,8-13H2,1-3H3. The number of ether oxygens (including phenoxy) is 2. The van der Waals surface area contributed by atoms with Gasteiger partial charge < -0.3 is 19.3 Å². The predicted molar refractivity (Wildman–Crippen MR) is 98.3 cm³/mol. The van der Waals surface area contributed by atoms with E-state index >= 15 is 0 Å². The zero-order valence-electron chi connectivity index (χ0n) is 15.9. The molecule has 0 radical (unpaired) electrons. The lowest BCUT2D eigenvalue weighted by atomic mass is 9.99. The molecule has 142 valence electrons. The highest BCUT2D eigenvalue weighted by atomic mass is 16.5. The topological polar surface area (TPSA) is 59.1 Å². The van der Waals surface area contributed by atoms with Crippen molar-refractivity contribution in [3.8, 4) is 5.75 Å². The molecule has 0 bridgehead atoms. The van der Waals surface area contributed by atoms with Gasteiger partial charge in [-0.1, -0.05) is 6.07 Å². The van der Waals surface area contributed by atoms with Crippen LogP contribution in [0.2, 0.25) is 0 Å². The quantitative estimate of drug-likeness (QED) is 0.820. The Morgan fingerprint density at radius 3 is 2.42 bits per heavy atom. The second-order valence-corrected chi connectivity index (χ2v) is 7.06. The highest BCUT2D eigenvalue weighted by Gasteiger charge is 2.31. The molecule has 1 aromatic carbocycles. The second kappa shape index (κ2) is 8.08. The van der Waals surface area contributed by atoms with Gasteiger partial charge in [-0.15, -0.1) is 0 Å². The highest BCUT2D eigenvalue weighted by Crippen LogP contribution is 2.24. The van der Waals surface area contributed by atoms with E-state index in [-0.39, 0.29) is 17.9 Å². The Labute approximate surface area is 155 Å². The van der Waals surface area contributed by atoms with Crippen LogP contribution in [0.4, 0.5) is 0 Å². The molecule has 1 unspecified atom stereocenters. The van der Waals surface area contributed by atoms with E-state index in [1.807, 2.05) is 35.8 Å². The van der Waals surface area contributed by atoms with Crippen LogP contribution in [0.15, 0.2) is 12.1 Å². The molecule has 1 atom stereocenters. The number of piperazine rings is 1. The fraction of sp³-hybridized carbons (Fsp3) is 0.600. The molecule has 0 aromatic heterocycles. The van der Waals surface area contributed by atoms with E-state index in [0.717, 1.165) is 35.3 Å². The maximum absolute atomic E-state index is 12.7. The molecular formula is C20H28N2O4. The van der Waals surface area contributed by atoms with Crippen molar-refractivity contribution in [2.45, 2.75) is 39.2 Å². The zero-order valence-corrected chi connectivity index (χ0v) is 15.9. The first-order chi connectivity index (χ1) is 12.5. The number of hydrogen-bond donors (Lipinski definition) is 0. The van der Waals surface area contributed by atoms with Gasteiger partial charge in [0.25, 0.3) is 5.91 Å². The smallest absolute Gasteiger partial charge is 0.251 e. The maximum atomic E-state index is 12.7. The van der Waals surface area contributed by atoms with Crippen LogP contribution in [0.1, 0.15) is 29.5 Å². The van der Waals surface area contributed by atoms with Crippen LogP contribution < -0.4 is 4.74 Å². The van der Waals surface area contributed by atoms with Crippen molar-refractivity contribution in [3.63, 3.8) is 0 Å². The van der Waals surface area contributed by atoms with Crippen molar-refractivity contribution >= 4 is 11.8 Å². The minimum absolute atomic E-state index is 0.0798. The molecule has 1 aromatic rings. The van der Waals surface area contributed by atoms with Crippen molar-refractivity contribution in [1.82, 2.24) is 9.80 Å². The lowest BCUT2D eigenvalue weighted by Gasteiger charge is -2.36. The van der Waals surface area contributed by atoms with Gasteiger partial charge in [0.2, 0.25) is 5.91 Å². The average Bonchev–Trinajstić information content (AvgIpc) is 3.20. The summed E-state index contributed by atoms with van der Waals surface area (Å²) >= 11 is 0. The summed E-state index contributed by atoms with van der Waals surface area (Å²) in [6.07, 6.45) is 1.88. The number of rotatable bonds is 4. The molecule has 2 amide bonds. The Hall–Kier alpha value is -2.08. The first-order valence-electron chi connectivity index (χ1n) is 9.32. The maximum Gasteiger partial charge on any atom is 0.251 e. The van der Waals surface area contributed by atoms with Crippen LogP contribution in [-0.4, -0.2) is 67.6 Å². The molecule has 2 heterocycles. The van der Waals surface area contributed by atoms with Crippen molar-refractivity contribution in [3.05, 3.63) is 28.8 Å². The molecule has 0 N–H and O–H groups in total. The zero-order chi connectivity index (χ0) is 18.7. The fourth-order valence-electron chi connectivity index (χ4n) is 3.69. The van der Waals surface area contributed by atoms with E-state index in [2.05, 4.69) is 0 Å². The minimum atomic E-state index is -0.276. The van der Waals surface area contributed by atoms with Crippen molar-refractivity contribution in [2.24, 2.45) is 0 Å². The predicted octanol–water partition coefficient (Wildman–Crippen LogP) is 1.70. The Morgan fingerprint density at radius 2 is 1.81 bits per heavy atom. The van der Waals surface area contributed by atoms with Gasteiger partial charge in [-0.05, 0) is 49.4 Å². The number of nitrogens with zero attached hydrogens (tertiary/aromatic N) is 2. The third kappa shape index (κ3) is 3.85. The van der Waals surface area contributed by atoms with Crippen LogP contribution >= 0.6 is 0 Å². The number of amides is 2. The van der Waals surface area contributed by atoms with Crippen molar-refractivity contribution in [1.29, 1.82) is 0 Å². The first-order valence-corrected chi connectivity index (χ1v) is 9.32. The van der Waals surface area contributed by atoms with E-state index in [1.165, 1.54) is 0 Å². The molecule has 6 nitrogen and oxygen atoms in total. The van der Waals surface area contributed by atoms with Gasteiger partial charge in [0.05, 0.1) is 13.5 Å². The fourth-order valence-corrected chi connectivity index (χ4v) is 3.69. The third-order valence-electron chi connectivity index (χ3n) is 5.56. The second-order valence-electron chi connectivity index (χ2n) is 7.06. The molecule has 26 heavy (non-hydrogen) atoms. The molecule has 2 aliphatic rings. The SMILES string of the molecule is COc1ccc(CC(=O)N2CCN(C(=O)C3CCCO3)CC2)c(C)c1C. The van der Waals surface area contributed by atoms with Gasteiger partial charge in [-0.2, -0.15) is 0 Å². The lowest BCUT2D eigenvalue weighted by molar-refractivity contribution is -0.145. The number of benzene rings is 1. The molecule has 2 aliphatic heterocycles. The van der Waals surface area contributed by atoms with Gasteiger partial charge >= 0.3 is 0 Å². The normalized spacial score (nSPS) is 20.3. The summed E-state index contributed by atoms with van der Waals surface area (Å²) in [6.45, 7) is 7.07. The van der Waals surface area contributed by atoms with E-state index < -0.39 is 0 Å². The molecule has 3 rings (SSSR count). The van der Waals surface area contributed by atoms with Crippen LogP contribution in [0.5, 0.6) is 5.75 Å². The summed E-state index contributed by atoms with van der Waals surface area (Å²) in [5.41, 5.74) is 3.21. The average molecular weight is 360 g/mol. The summed E-state index contributed by atoms with van der Waals surface area (Å²) < 4.78 is 10.8. The Bertz CT molecular complexity index is 675. The summed E-state index contributed by atoms with van der Waals surface area (Å²) in [5.74, 6) is 1.04. The van der Waals surface area contributed by atoms with Crippen LogP contribution in [0, 0.1) is 13.8 Å². The summed E-state index contributed by atoms with van der Waals surface area (Å²) in [4.78, 5) is 28.8. The van der Waals surface area contributed by atoms with Crippen LogP contribution in [-0.2, 0) is 20.7 Å². The number of carbonyl (C=O) groups is 2. The monoisotopic (exact) mass is 360 g/mol. The van der Waals surface area contributed by atoms with Gasteiger partial charge in [0.1, 0.15) is 11.9 Å². The number of hydrogen-bond acceptors (Lipinski definition) is 4. The van der Waals surface area contributed by atoms with E-state index in [9.17, 15) is 9.59 Å². The van der Waals surface area contributed by atoms with Gasteiger partial charge in [0, 0.05) is 32.8 Å². The molecule has 0 saturated carbocycles. The van der Waals surface area contributed by atoms with Crippen LogP contribution in [0.3, 0.4) is 0 Å². The highest BCUT2D eigenvalue weighted by molar-refractivity contribution is 5.82.